The van der Waals surface area contributed by atoms with Gasteiger partial charge in [0.1, 0.15) is 0 Å². The Morgan fingerprint density at radius 2 is 2.12 bits per heavy atom. The first-order valence-corrected chi connectivity index (χ1v) is 4.91. The molecule has 0 atom stereocenters. The van der Waals surface area contributed by atoms with E-state index in [4.69, 9.17) is 14.3 Å². The van der Waals surface area contributed by atoms with Crippen LogP contribution in [0.25, 0.3) is 11.0 Å². The maximum absolute atomic E-state index is 9.37. The van der Waals surface area contributed by atoms with Crippen LogP contribution in [0.1, 0.15) is 13.3 Å². The minimum absolute atomic E-state index is 0.222. The molecule has 0 aliphatic rings. The summed E-state index contributed by atoms with van der Waals surface area (Å²) in [6.45, 7) is 1.60. The van der Waals surface area contributed by atoms with E-state index in [9.17, 15) is 4.79 Å². The molecule has 0 bridgehead atoms. The fourth-order valence-electron chi connectivity index (χ4n) is 1.13. The number of aliphatic carboxylic acids is 1. The highest BCUT2D eigenvalue weighted by Gasteiger charge is 2.01. The number of ether oxygens (including phenoxy) is 1. The van der Waals surface area contributed by atoms with Crippen molar-refractivity contribution in [2.24, 2.45) is 0 Å². The highest BCUT2D eigenvalue weighted by atomic mass is 16.5. The lowest BCUT2D eigenvalue weighted by molar-refractivity contribution is -0.136. The molecule has 4 heteroatoms. The molecule has 0 amide bonds. The van der Waals surface area contributed by atoms with Gasteiger partial charge in [0, 0.05) is 11.8 Å². The van der Waals surface area contributed by atoms with E-state index in [0.29, 0.717) is 0 Å². The smallest absolute Gasteiger partial charge is 0.303 e. The molecule has 0 fully saturated rings. The molecule has 1 N–H and O–H groups in total. The Balaban J connectivity index is 0.000000221. The first kappa shape index (κ1) is 12.1. The monoisotopic (exact) mass is 222 g/mol. The number of carboxylic acids is 1. The summed E-state index contributed by atoms with van der Waals surface area (Å²) < 4.78 is 10.3. The largest absolute Gasteiger partial charge is 0.493 e. The van der Waals surface area contributed by atoms with Gasteiger partial charge in [0.2, 0.25) is 0 Å². The van der Waals surface area contributed by atoms with Crippen LogP contribution in [0.3, 0.4) is 0 Å². The molecule has 0 unspecified atom stereocenters. The summed E-state index contributed by atoms with van der Waals surface area (Å²) in [6.07, 6.45) is 1.88. The summed E-state index contributed by atoms with van der Waals surface area (Å²) in [6, 6.07) is 7.72. The van der Waals surface area contributed by atoms with E-state index in [2.05, 4.69) is 0 Å². The van der Waals surface area contributed by atoms with E-state index >= 15 is 0 Å². The molecule has 1 aromatic carbocycles. The quantitative estimate of drug-likeness (QED) is 0.848. The number of fused-ring (bicyclic) bond motifs is 1. The Kier molecular flexibility index (Phi) is 4.39. The van der Waals surface area contributed by atoms with Gasteiger partial charge in [-0.3, -0.25) is 4.79 Å². The minimum Gasteiger partial charge on any atom is -0.493 e. The van der Waals surface area contributed by atoms with Crippen molar-refractivity contribution in [3.05, 3.63) is 30.5 Å². The Morgan fingerprint density at radius 3 is 2.69 bits per heavy atom. The molecule has 86 valence electrons. The van der Waals surface area contributed by atoms with E-state index in [1.54, 1.807) is 20.3 Å². The number of benzene rings is 1. The zero-order chi connectivity index (χ0) is 12.0. The first-order chi connectivity index (χ1) is 7.69. The van der Waals surface area contributed by atoms with Gasteiger partial charge < -0.3 is 14.3 Å². The van der Waals surface area contributed by atoms with Crippen molar-refractivity contribution in [1.29, 1.82) is 0 Å². The van der Waals surface area contributed by atoms with Crippen molar-refractivity contribution in [3.8, 4) is 5.75 Å². The molecule has 1 aromatic heterocycles. The Hall–Kier alpha value is -1.97. The SMILES string of the molecule is CCC(=O)O.COc1cccc2ccoc12. The van der Waals surface area contributed by atoms with Crippen molar-refractivity contribution >= 4 is 16.9 Å². The van der Waals surface area contributed by atoms with Crippen LogP contribution in [-0.2, 0) is 4.79 Å². The van der Waals surface area contributed by atoms with Gasteiger partial charge in [-0.05, 0) is 12.1 Å². The van der Waals surface area contributed by atoms with Gasteiger partial charge in [-0.2, -0.15) is 0 Å². The lowest BCUT2D eigenvalue weighted by atomic mass is 10.2. The second-order valence-corrected chi connectivity index (χ2v) is 3.05. The molecule has 16 heavy (non-hydrogen) atoms. The van der Waals surface area contributed by atoms with E-state index < -0.39 is 5.97 Å². The molecule has 2 rings (SSSR count). The van der Waals surface area contributed by atoms with Crippen LogP contribution in [0.2, 0.25) is 0 Å². The molecule has 0 aliphatic carbocycles. The number of hydrogen-bond acceptors (Lipinski definition) is 3. The number of rotatable bonds is 2. The fourth-order valence-corrected chi connectivity index (χ4v) is 1.13. The first-order valence-electron chi connectivity index (χ1n) is 4.91. The van der Waals surface area contributed by atoms with E-state index in [-0.39, 0.29) is 6.42 Å². The predicted octanol–water partition coefficient (Wildman–Crippen LogP) is 2.92. The Labute approximate surface area is 93.4 Å². The standard InChI is InChI=1S/C9H8O2.C3H6O2/c1-10-8-4-2-3-7-5-6-11-9(7)8;1-2-3(4)5/h2-6H,1H3;2H2,1H3,(H,4,5). The van der Waals surface area contributed by atoms with Gasteiger partial charge in [0.25, 0.3) is 0 Å². The van der Waals surface area contributed by atoms with Crippen LogP contribution in [0.5, 0.6) is 5.75 Å². The third-order valence-electron chi connectivity index (χ3n) is 1.97. The topological polar surface area (TPSA) is 59.7 Å². The van der Waals surface area contributed by atoms with Crippen LogP contribution < -0.4 is 4.74 Å². The molecule has 0 spiro atoms. The predicted molar refractivity (Wildman–Crippen MR) is 60.7 cm³/mol. The number of carboxylic acid groups (broad SMARTS) is 1. The lowest BCUT2D eigenvalue weighted by Crippen LogP contribution is -1.86. The van der Waals surface area contributed by atoms with Crippen LogP contribution in [0, 0.1) is 0 Å². The van der Waals surface area contributed by atoms with Crippen LogP contribution in [0.4, 0.5) is 0 Å². The molecule has 0 saturated carbocycles. The molecular formula is C12H14O4. The second-order valence-electron chi connectivity index (χ2n) is 3.05. The maximum Gasteiger partial charge on any atom is 0.303 e. The minimum atomic E-state index is -0.745. The van der Waals surface area contributed by atoms with Crippen LogP contribution in [0.15, 0.2) is 34.9 Å². The average molecular weight is 222 g/mol. The van der Waals surface area contributed by atoms with Crippen molar-refractivity contribution in [2.45, 2.75) is 13.3 Å². The zero-order valence-electron chi connectivity index (χ0n) is 9.27. The molecular weight excluding hydrogens is 208 g/mol. The van der Waals surface area contributed by atoms with Crippen LogP contribution in [-0.4, -0.2) is 18.2 Å². The van der Waals surface area contributed by atoms with Crippen molar-refractivity contribution < 1.29 is 19.1 Å². The van der Waals surface area contributed by atoms with Crippen molar-refractivity contribution in [2.75, 3.05) is 7.11 Å². The van der Waals surface area contributed by atoms with Crippen molar-refractivity contribution in [3.63, 3.8) is 0 Å². The number of methoxy groups -OCH3 is 1. The second kappa shape index (κ2) is 5.80. The third kappa shape index (κ3) is 3.02. The molecule has 0 radical (unpaired) electrons. The molecule has 4 nitrogen and oxygen atoms in total. The summed E-state index contributed by atoms with van der Waals surface area (Å²) in [5.74, 6) is 0.0394. The fraction of sp³-hybridized carbons (Fsp3) is 0.250. The van der Waals surface area contributed by atoms with Gasteiger partial charge in [-0.1, -0.05) is 19.1 Å². The van der Waals surface area contributed by atoms with Crippen LogP contribution >= 0.6 is 0 Å². The molecule has 2 aromatic rings. The number of furan rings is 1. The summed E-state index contributed by atoms with van der Waals surface area (Å²) in [5.41, 5.74) is 0.815. The Bertz CT molecular complexity index is 459. The number of carbonyl (C=O) groups is 1. The summed E-state index contributed by atoms with van der Waals surface area (Å²) in [4.78, 5) is 9.37. The highest BCUT2D eigenvalue weighted by molar-refractivity contribution is 5.82. The van der Waals surface area contributed by atoms with Gasteiger partial charge in [-0.15, -0.1) is 0 Å². The number of hydrogen-bond donors (Lipinski definition) is 1. The lowest BCUT2D eigenvalue weighted by Gasteiger charge is -1.97. The van der Waals surface area contributed by atoms with Gasteiger partial charge >= 0.3 is 5.97 Å². The Morgan fingerprint density at radius 1 is 1.44 bits per heavy atom. The average Bonchev–Trinajstić information content (AvgIpc) is 2.77. The van der Waals surface area contributed by atoms with E-state index in [0.717, 1.165) is 16.7 Å². The number of para-hydroxylation sites is 1. The van der Waals surface area contributed by atoms with E-state index in [1.165, 1.54) is 0 Å². The molecule has 0 aliphatic heterocycles. The van der Waals surface area contributed by atoms with E-state index in [1.807, 2.05) is 24.3 Å². The van der Waals surface area contributed by atoms with Gasteiger partial charge in [-0.25, -0.2) is 0 Å². The van der Waals surface area contributed by atoms with Gasteiger partial charge in [0.15, 0.2) is 11.3 Å². The molecule has 1 heterocycles. The normalized spacial score (nSPS) is 9.38. The molecule has 0 saturated heterocycles. The summed E-state index contributed by atoms with van der Waals surface area (Å²) in [5, 5.41) is 8.80. The van der Waals surface area contributed by atoms with Gasteiger partial charge in [0.05, 0.1) is 13.4 Å². The summed E-state index contributed by atoms with van der Waals surface area (Å²) >= 11 is 0. The maximum atomic E-state index is 9.37. The zero-order valence-corrected chi connectivity index (χ0v) is 9.27. The highest BCUT2D eigenvalue weighted by Crippen LogP contribution is 2.25. The third-order valence-corrected chi connectivity index (χ3v) is 1.97. The van der Waals surface area contributed by atoms with Crippen molar-refractivity contribution in [1.82, 2.24) is 0 Å². The summed E-state index contributed by atoms with van der Waals surface area (Å²) in [7, 11) is 1.64.